The van der Waals surface area contributed by atoms with Gasteiger partial charge in [-0.25, -0.2) is 0 Å². The monoisotopic (exact) mass is 321 g/mol. The van der Waals surface area contributed by atoms with Gasteiger partial charge in [0.2, 0.25) is 0 Å². The molecule has 0 saturated carbocycles. The van der Waals surface area contributed by atoms with Crippen LogP contribution in [0, 0.1) is 6.92 Å². The van der Waals surface area contributed by atoms with Crippen LogP contribution >= 0.6 is 0 Å². The highest BCUT2D eigenvalue weighted by atomic mass is 16.3. The van der Waals surface area contributed by atoms with Crippen molar-refractivity contribution in [2.24, 2.45) is 0 Å². The smallest absolute Gasteiger partial charge is 0.153 e. The zero-order valence-electron chi connectivity index (χ0n) is 14.0. The van der Waals surface area contributed by atoms with Gasteiger partial charge in [0.25, 0.3) is 0 Å². The molecule has 0 atom stereocenters. The van der Waals surface area contributed by atoms with Crippen LogP contribution < -0.4 is 4.90 Å². The first-order valence-corrected chi connectivity index (χ1v) is 8.49. The molecule has 3 heteroatoms. The van der Waals surface area contributed by atoms with Crippen molar-refractivity contribution in [1.29, 1.82) is 0 Å². The number of carbonyl (C=O) groups is 1. The molecule has 3 rings (SSSR count). The Morgan fingerprint density at radius 2 is 1.75 bits per heavy atom. The highest BCUT2D eigenvalue weighted by molar-refractivity contribution is 5.83. The van der Waals surface area contributed by atoms with Gasteiger partial charge in [-0.15, -0.1) is 0 Å². The fourth-order valence-electron chi connectivity index (χ4n) is 3.19. The van der Waals surface area contributed by atoms with Crippen LogP contribution in [0.2, 0.25) is 0 Å². The molecular formula is C21H23NO2. The summed E-state index contributed by atoms with van der Waals surface area (Å²) in [5.74, 6) is 0.0641. The summed E-state index contributed by atoms with van der Waals surface area (Å²) >= 11 is 0. The van der Waals surface area contributed by atoms with Crippen molar-refractivity contribution in [3.63, 3.8) is 0 Å². The lowest BCUT2D eigenvalue weighted by Gasteiger charge is -2.29. The molecule has 1 N–H and O–H groups in total. The van der Waals surface area contributed by atoms with E-state index in [4.69, 9.17) is 0 Å². The SMILES string of the molecule is Cc1cc(/C=C/c2cccc(N3CCCCC3)c2)cc(C=O)c1O. The summed E-state index contributed by atoms with van der Waals surface area (Å²) < 4.78 is 0. The van der Waals surface area contributed by atoms with Crippen LogP contribution in [0.25, 0.3) is 12.2 Å². The molecule has 24 heavy (non-hydrogen) atoms. The number of benzene rings is 2. The van der Waals surface area contributed by atoms with Crippen LogP contribution in [0.4, 0.5) is 5.69 Å². The van der Waals surface area contributed by atoms with Crippen LogP contribution in [0.1, 0.15) is 46.3 Å². The Hall–Kier alpha value is -2.55. The Bertz CT molecular complexity index is 758. The first kappa shape index (κ1) is 16.3. The van der Waals surface area contributed by atoms with Gasteiger partial charge in [-0.1, -0.05) is 24.3 Å². The average Bonchev–Trinajstić information content (AvgIpc) is 2.63. The van der Waals surface area contributed by atoms with Gasteiger partial charge in [-0.05, 0) is 67.1 Å². The van der Waals surface area contributed by atoms with E-state index in [0.717, 1.165) is 24.2 Å². The van der Waals surface area contributed by atoms with Gasteiger partial charge in [0.05, 0.1) is 5.56 Å². The number of phenols is 1. The van der Waals surface area contributed by atoms with Crippen LogP contribution in [0.15, 0.2) is 36.4 Å². The van der Waals surface area contributed by atoms with E-state index in [2.05, 4.69) is 29.2 Å². The van der Waals surface area contributed by atoms with Gasteiger partial charge in [0.15, 0.2) is 6.29 Å². The zero-order chi connectivity index (χ0) is 16.9. The lowest BCUT2D eigenvalue weighted by molar-refractivity contribution is 0.112. The largest absolute Gasteiger partial charge is 0.507 e. The minimum absolute atomic E-state index is 0.0641. The van der Waals surface area contributed by atoms with Gasteiger partial charge in [0.1, 0.15) is 5.75 Å². The molecule has 124 valence electrons. The van der Waals surface area contributed by atoms with Crippen molar-refractivity contribution >= 4 is 24.1 Å². The summed E-state index contributed by atoms with van der Waals surface area (Å²) in [6.45, 7) is 4.07. The van der Waals surface area contributed by atoms with Crippen LogP contribution in [0.5, 0.6) is 5.75 Å². The minimum Gasteiger partial charge on any atom is -0.507 e. The Labute approximate surface area is 143 Å². The molecule has 1 aliphatic rings. The second-order valence-corrected chi connectivity index (χ2v) is 6.37. The molecule has 0 aliphatic carbocycles. The predicted molar refractivity (Wildman–Crippen MR) is 99.7 cm³/mol. The van der Waals surface area contributed by atoms with Gasteiger partial charge in [0, 0.05) is 18.8 Å². The van der Waals surface area contributed by atoms with E-state index in [9.17, 15) is 9.90 Å². The third-order valence-corrected chi connectivity index (χ3v) is 4.54. The molecule has 0 amide bonds. The molecule has 0 spiro atoms. The number of carbonyl (C=O) groups excluding carboxylic acids is 1. The number of aryl methyl sites for hydroxylation is 1. The summed E-state index contributed by atoms with van der Waals surface area (Å²) in [5.41, 5.74) is 4.36. The second kappa shape index (κ2) is 7.35. The topological polar surface area (TPSA) is 40.5 Å². The standard InChI is InChI=1S/C21H23NO2/c1-16-12-18(13-19(15-23)21(16)24)9-8-17-6-5-7-20(14-17)22-10-3-2-4-11-22/h5-9,12-15,24H,2-4,10-11H2,1H3/b9-8+. The third-order valence-electron chi connectivity index (χ3n) is 4.54. The number of rotatable bonds is 4. The highest BCUT2D eigenvalue weighted by Gasteiger charge is 2.10. The Morgan fingerprint density at radius 3 is 2.50 bits per heavy atom. The second-order valence-electron chi connectivity index (χ2n) is 6.37. The van der Waals surface area contributed by atoms with Crippen molar-refractivity contribution in [3.05, 3.63) is 58.7 Å². The maximum absolute atomic E-state index is 11.0. The lowest BCUT2D eigenvalue weighted by Crippen LogP contribution is -2.29. The van der Waals surface area contributed by atoms with Gasteiger partial charge < -0.3 is 10.0 Å². The fourth-order valence-corrected chi connectivity index (χ4v) is 3.19. The van der Waals surface area contributed by atoms with Crippen LogP contribution in [0.3, 0.4) is 0 Å². The van der Waals surface area contributed by atoms with E-state index in [-0.39, 0.29) is 5.75 Å². The van der Waals surface area contributed by atoms with Crippen molar-refractivity contribution in [1.82, 2.24) is 0 Å². The molecule has 3 nitrogen and oxygen atoms in total. The number of hydrogen-bond donors (Lipinski definition) is 1. The van der Waals surface area contributed by atoms with E-state index >= 15 is 0 Å². The number of anilines is 1. The average molecular weight is 321 g/mol. The number of hydrogen-bond acceptors (Lipinski definition) is 3. The van der Waals surface area contributed by atoms with E-state index in [1.165, 1.54) is 24.9 Å². The fraction of sp³-hybridized carbons (Fsp3) is 0.286. The molecule has 1 aliphatic heterocycles. The summed E-state index contributed by atoms with van der Waals surface area (Å²) in [4.78, 5) is 13.5. The summed E-state index contributed by atoms with van der Waals surface area (Å²) in [5, 5.41) is 9.83. The molecule has 1 fully saturated rings. The van der Waals surface area contributed by atoms with E-state index in [1.54, 1.807) is 13.0 Å². The van der Waals surface area contributed by atoms with Crippen molar-refractivity contribution in [2.45, 2.75) is 26.2 Å². The number of phenolic OH excluding ortho intramolecular Hbond substituents is 1. The van der Waals surface area contributed by atoms with E-state index in [0.29, 0.717) is 17.4 Å². The van der Waals surface area contributed by atoms with Gasteiger partial charge in [-0.2, -0.15) is 0 Å². The van der Waals surface area contributed by atoms with Crippen molar-refractivity contribution in [2.75, 3.05) is 18.0 Å². The number of piperidine rings is 1. The first-order valence-electron chi connectivity index (χ1n) is 8.49. The molecule has 1 saturated heterocycles. The Balaban J connectivity index is 1.82. The molecule has 0 bridgehead atoms. The lowest BCUT2D eigenvalue weighted by atomic mass is 10.0. The molecular weight excluding hydrogens is 298 g/mol. The quantitative estimate of drug-likeness (QED) is 0.657. The highest BCUT2D eigenvalue weighted by Crippen LogP contribution is 2.25. The third kappa shape index (κ3) is 3.67. The Kier molecular flexibility index (Phi) is 4.99. The predicted octanol–water partition coefficient (Wildman–Crippen LogP) is 4.67. The molecule has 0 radical (unpaired) electrons. The van der Waals surface area contributed by atoms with Gasteiger partial charge in [-0.3, -0.25) is 4.79 Å². The van der Waals surface area contributed by atoms with Gasteiger partial charge >= 0.3 is 0 Å². The van der Waals surface area contributed by atoms with Crippen molar-refractivity contribution in [3.8, 4) is 5.75 Å². The molecule has 0 unspecified atom stereocenters. The van der Waals surface area contributed by atoms with Crippen LogP contribution in [-0.4, -0.2) is 24.5 Å². The minimum atomic E-state index is 0.0641. The summed E-state index contributed by atoms with van der Waals surface area (Å²) in [6, 6.07) is 12.1. The molecule has 1 heterocycles. The number of aromatic hydroxyl groups is 1. The number of aldehydes is 1. The summed E-state index contributed by atoms with van der Waals surface area (Å²) in [7, 11) is 0. The summed E-state index contributed by atoms with van der Waals surface area (Å²) in [6.07, 6.45) is 8.58. The first-order chi connectivity index (χ1) is 11.7. The maximum atomic E-state index is 11.0. The maximum Gasteiger partial charge on any atom is 0.153 e. The Morgan fingerprint density at radius 1 is 1.00 bits per heavy atom. The number of nitrogens with zero attached hydrogens (tertiary/aromatic N) is 1. The zero-order valence-corrected chi connectivity index (χ0v) is 14.0. The van der Waals surface area contributed by atoms with E-state index in [1.807, 2.05) is 18.2 Å². The normalized spacial score (nSPS) is 15.0. The molecule has 2 aromatic carbocycles. The molecule has 0 aromatic heterocycles. The van der Waals surface area contributed by atoms with Crippen molar-refractivity contribution < 1.29 is 9.90 Å². The van der Waals surface area contributed by atoms with Crippen LogP contribution in [-0.2, 0) is 0 Å². The molecule has 2 aromatic rings. The van der Waals surface area contributed by atoms with E-state index < -0.39 is 0 Å².